The highest BCUT2D eigenvalue weighted by Gasteiger charge is 2.19. The van der Waals surface area contributed by atoms with Crippen LogP contribution in [0.5, 0.6) is 0 Å². The molecule has 0 bridgehead atoms. The highest BCUT2D eigenvalue weighted by Crippen LogP contribution is 2.24. The minimum atomic E-state index is 0.190. The first-order chi connectivity index (χ1) is 5.38. The molecule has 2 atom stereocenters. The Morgan fingerprint density at radius 2 is 1.83 bits per heavy atom. The molecule has 0 heterocycles. The molecular formula is C11H21N. The molecule has 0 rings (SSSR count). The summed E-state index contributed by atoms with van der Waals surface area (Å²) >= 11 is 0. The van der Waals surface area contributed by atoms with Gasteiger partial charge in [-0.2, -0.15) is 0 Å². The lowest BCUT2D eigenvalue weighted by molar-refractivity contribution is 0.251. The van der Waals surface area contributed by atoms with Gasteiger partial charge in [0.25, 0.3) is 0 Å². The number of nitrogens with one attached hydrogen (secondary N) is 1. The Hall–Kier alpha value is -0.480. The first-order valence-corrected chi connectivity index (χ1v) is 4.57. The van der Waals surface area contributed by atoms with Crippen molar-refractivity contribution in [3.63, 3.8) is 0 Å². The molecule has 0 aliphatic rings. The van der Waals surface area contributed by atoms with Crippen molar-refractivity contribution in [2.45, 2.75) is 40.7 Å². The van der Waals surface area contributed by atoms with E-state index in [0.29, 0.717) is 11.3 Å². The van der Waals surface area contributed by atoms with Crippen LogP contribution in [0.25, 0.3) is 0 Å². The average Bonchev–Trinajstić information content (AvgIpc) is 1.97. The Labute approximate surface area is 76.9 Å². The molecule has 0 aliphatic heterocycles. The quantitative estimate of drug-likeness (QED) is 0.636. The Bertz CT molecular complexity index is 159. The van der Waals surface area contributed by atoms with Crippen LogP contribution in [-0.2, 0) is 0 Å². The van der Waals surface area contributed by atoms with Crippen molar-refractivity contribution < 1.29 is 0 Å². The van der Waals surface area contributed by atoms with Gasteiger partial charge in [-0.05, 0) is 24.8 Å². The van der Waals surface area contributed by atoms with E-state index in [0.717, 1.165) is 6.54 Å². The third kappa shape index (κ3) is 4.41. The van der Waals surface area contributed by atoms with Crippen LogP contribution in [0, 0.1) is 23.7 Å². The highest BCUT2D eigenvalue weighted by atomic mass is 14.9. The molecule has 0 aliphatic carbocycles. The van der Waals surface area contributed by atoms with E-state index in [1.807, 2.05) is 6.92 Å². The maximum absolute atomic E-state index is 5.25. The second kappa shape index (κ2) is 4.52. The zero-order valence-corrected chi connectivity index (χ0v) is 8.94. The molecule has 0 aromatic heterocycles. The molecular weight excluding hydrogens is 146 g/mol. The topological polar surface area (TPSA) is 12.0 Å². The Balaban J connectivity index is 3.74. The van der Waals surface area contributed by atoms with Gasteiger partial charge in [0.2, 0.25) is 0 Å². The van der Waals surface area contributed by atoms with Gasteiger partial charge < -0.3 is 5.32 Å². The van der Waals surface area contributed by atoms with E-state index in [1.54, 1.807) is 0 Å². The third-order valence-corrected chi connectivity index (χ3v) is 2.46. The summed E-state index contributed by atoms with van der Waals surface area (Å²) in [6.45, 7) is 12.0. The lowest BCUT2D eigenvalue weighted by atomic mass is 9.82. The van der Waals surface area contributed by atoms with Crippen molar-refractivity contribution in [2.24, 2.45) is 11.3 Å². The van der Waals surface area contributed by atoms with E-state index in [-0.39, 0.29) is 6.04 Å². The van der Waals surface area contributed by atoms with Gasteiger partial charge in [0.05, 0.1) is 6.04 Å². The zero-order valence-electron chi connectivity index (χ0n) is 8.94. The molecule has 0 aromatic carbocycles. The average molecular weight is 167 g/mol. The summed E-state index contributed by atoms with van der Waals surface area (Å²) in [6, 6.07) is 0.190. The molecule has 0 saturated carbocycles. The van der Waals surface area contributed by atoms with Crippen molar-refractivity contribution in [1.29, 1.82) is 0 Å². The highest BCUT2D eigenvalue weighted by molar-refractivity contribution is 4.96. The molecule has 12 heavy (non-hydrogen) atoms. The van der Waals surface area contributed by atoms with Crippen molar-refractivity contribution in [1.82, 2.24) is 5.32 Å². The van der Waals surface area contributed by atoms with Crippen LogP contribution in [0.3, 0.4) is 0 Å². The molecule has 2 unspecified atom stereocenters. The maximum Gasteiger partial charge on any atom is 0.0658 e. The number of hydrogen-bond acceptors (Lipinski definition) is 1. The Morgan fingerprint density at radius 3 is 2.17 bits per heavy atom. The predicted octanol–water partition coefficient (Wildman–Crippen LogP) is 2.28. The van der Waals surface area contributed by atoms with E-state index < -0.39 is 0 Å². The Morgan fingerprint density at radius 1 is 1.33 bits per heavy atom. The van der Waals surface area contributed by atoms with E-state index in [4.69, 9.17) is 6.42 Å². The van der Waals surface area contributed by atoms with Crippen LogP contribution < -0.4 is 5.32 Å². The van der Waals surface area contributed by atoms with Crippen molar-refractivity contribution in [3.8, 4) is 12.3 Å². The third-order valence-electron chi connectivity index (χ3n) is 2.46. The minimum absolute atomic E-state index is 0.190. The van der Waals surface area contributed by atoms with E-state index in [2.05, 4.69) is 38.9 Å². The fraction of sp³-hybridized carbons (Fsp3) is 0.818. The van der Waals surface area contributed by atoms with Crippen LogP contribution in [0.1, 0.15) is 34.6 Å². The molecule has 1 nitrogen and oxygen atoms in total. The number of terminal acetylenes is 1. The summed E-state index contributed by atoms with van der Waals surface area (Å²) in [5.41, 5.74) is 0.362. The molecule has 0 aromatic rings. The van der Waals surface area contributed by atoms with Crippen LogP contribution in [0.15, 0.2) is 0 Å². The van der Waals surface area contributed by atoms with Crippen molar-refractivity contribution in [3.05, 3.63) is 0 Å². The largest absolute Gasteiger partial charge is 0.304 e. The maximum atomic E-state index is 5.25. The second-order valence-electron chi connectivity index (χ2n) is 4.56. The van der Waals surface area contributed by atoms with Crippen LogP contribution in [-0.4, -0.2) is 12.6 Å². The minimum Gasteiger partial charge on any atom is -0.304 e. The van der Waals surface area contributed by atoms with Crippen molar-refractivity contribution >= 4 is 0 Å². The molecule has 0 radical (unpaired) electrons. The molecule has 1 heteroatoms. The predicted molar refractivity (Wildman–Crippen MR) is 54.9 cm³/mol. The fourth-order valence-corrected chi connectivity index (χ4v) is 0.719. The zero-order chi connectivity index (χ0) is 9.78. The normalized spacial score (nSPS) is 16.7. The van der Waals surface area contributed by atoms with E-state index in [1.165, 1.54) is 0 Å². The smallest absolute Gasteiger partial charge is 0.0658 e. The van der Waals surface area contributed by atoms with Gasteiger partial charge in [-0.25, -0.2) is 0 Å². The summed E-state index contributed by atoms with van der Waals surface area (Å²) in [7, 11) is 0. The van der Waals surface area contributed by atoms with Gasteiger partial charge in [0.1, 0.15) is 0 Å². The first kappa shape index (κ1) is 11.5. The summed E-state index contributed by atoms with van der Waals surface area (Å²) in [6.07, 6.45) is 5.25. The molecule has 0 amide bonds. The molecule has 0 saturated heterocycles. The SMILES string of the molecule is C#CC(C)NCC(C)C(C)(C)C. The van der Waals surface area contributed by atoms with E-state index in [9.17, 15) is 0 Å². The first-order valence-electron chi connectivity index (χ1n) is 4.57. The molecule has 0 fully saturated rings. The Kier molecular flexibility index (Phi) is 4.34. The van der Waals surface area contributed by atoms with Gasteiger partial charge in [-0.15, -0.1) is 6.42 Å². The fourth-order valence-electron chi connectivity index (χ4n) is 0.719. The number of hydrogen-bond donors (Lipinski definition) is 1. The number of rotatable bonds is 3. The van der Waals surface area contributed by atoms with Gasteiger partial charge >= 0.3 is 0 Å². The summed E-state index contributed by atoms with van der Waals surface area (Å²) in [5.74, 6) is 3.31. The molecule has 70 valence electrons. The summed E-state index contributed by atoms with van der Waals surface area (Å²) in [5, 5.41) is 3.30. The molecule has 1 N–H and O–H groups in total. The van der Waals surface area contributed by atoms with Gasteiger partial charge in [0.15, 0.2) is 0 Å². The lowest BCUT2D eigenvalue weighted by Crippen LogP contribution is -2.34. The second-order valence-corrected chi connectivity index (χ2v) is 4.56. The van der Waals surface area contributed by atoms with Crippen LogP contribution in [0.2, 0.25) is 0 Å². The van der Waals surface area contributed by atoms with E-state index >= 15 is 0 Å². The van der Waals surface area contributed by atoms with Crippen LogP contribution >= 0.6 is 0 Å². The standard InChI is InChI=1S/C11H21N/c1-7-10(3)12-8-9(2)11(4,5)6/h1,9-10,12H,8H2,2-6H3. The van der Waals surface area contributed by atoms with Crippen LogP contribution in [0.4, 0.5) is 0 Å². The summed E-state index contributed by atoms with van der Waals surface area (Å²) < 4.78 is 0. The summed E-state index contributed by atoms with van der Waals surface area (Å²) in [4.78, 5) is 0. The lowest BCUT2D eigenvalue weighted by Gasteiger charge is -2.28. The monoisotopic (exact) mass is 167 g/mol. The van der Waals surface area contributed by atoms with Gasteiger partial charge in [0, 0.05) is 0 Å². The van der Waals surface area contributed by atoms with Crippen molar-refractivity contribution in [2.75, 3.05) is 6.54 Å². The van der Waals surface area contributed by atoms with Gasteiger partial charge in [-0.3, -0.25) is 0 Å². The molecule has 0 spiro atoms. The van der Waals surface area contributed by atoms with Gasteiger partial charge in [-0.1, -0.05) is 33.6 Å².